The van der Waals surface area contributed by atoms with Gasteiger partial charge < -0.3 is 9.84 Å². The molecule has 0 spiro atoms. The van der Waals surface area contributed by atoms with E-state index >= 15 is 0 Å². The first kappa shape index (κ1) is 14.2. The van der Waals surface area contributed by atoms with Gasteiger partial charge in [-0.3, -0.25) is 9.78 Å². The van der Waals surface area contributed by atoms with Crippen molar-refractivity contribution in [2.75, 3.05) is 6.61 Å². The number of pyridine rings is 1. The van der Waals surface area contributed by atoms with Gasteiger partial charge in [0.1, 0.15) is 19.0 Å². The van der Waals surface area contributed by atoms with Gasteiger partial charge in [0.25, 0.3) is 0 Å². The summed E-state index contributed by atoms with van der Waals surface area (Å²) in [6, 6.07) is 13.5. The summed E-state index contributed by atoms with van der Waals surface area (Å²) in [5.74, 6) is 0.553. The smallest absolute Gasteiger partial charge is 0.158 e. The van der Waals surface area contributed by atoms with Gasteiger partial charge in [0.2, 0.25) is 0 Å². The lowest BCUT2D eigenvalue weighted by Crippen LogP contribution is -2.05. The fraction of sp³-hybridized carbons (Fsp3) is 0.250. The van der Waals surface area contributed by atoms with Crippen molar-refractivity contribution in [2.24, 2.45) is 0 Å². The number of rotatable bonds is 7. The van der Waals surface area contributed by atoms with Crippen molar-refractivity contribution in [1.82, 2.24) is 4.98 Å². The Morgan fingerprint density at radius 3 is 2.75 bits per heavy atom. The van der Waals surface area contributed by atoms with E-state index in [9.17, 15) is 4.79 Å². The van der Waals surface area contributed by atoms with Crippen molar-refractivity contribution >= 4 is 5.78 Å². The number of hydrogen-bond acceptors (Lipinski definition) is 4. The number of benzene rings is 1. The van der Waals surface area contributed by atoms with Gasteiger partial charge in [-0.05, 0) is 18.1 Å². The maximum Gasteiger partial charge on any atom is 0.158 e. The summed E-state index contributed by atoms with van der Waals surface area (Å²) in [4.78, 5) is 15.3. The zero-order valence-corrected chi connectivity index (χ0v) is 11.2. The van der Waals surface area contributed by atoms with Gasteiger partial charge in [-0.1, -0.05) is 30.3 Å². The predicted molar refractivity (Wildman–Crippen MR) is 75.4 cm³/mol. The molecule has 2 aromatic rings. The fourth-order valence-electron chi connectivity index (χ4n) is 1.77. The number of ether oxygens (including phenoxy) is 1. The van der Waals surface area contributed by atoms with Crippen LogP contribution >= 0.6 is 0 Å². The lowest BCUT2D eigenvalue weighted by Gasteiger charge is -2.07. The van der Waals surface area contributed by atoms with Crippen LogP contribution in [0.25, 0.3) is 0 Å². The maximum absolute atomic E-state index is 11.1. The first-order chi connectivity index (χ1) is 9.78. The first-order valence-corrected chi connectivity index (χ1v) is 6.52. The van der Waals surface area contributed by atoms with E-state index < -0.39 is 6.61 Å². The normalized spacial score (nSPS) is 10.2. The SMILES string of the molecule is O=C(CO)CCc1cc(OCc2ccccc2)ccn1. The second-order valence-corrected chi connectivity index (χ2v) is 4.45. The van der Waals surface area contributed by atoms with Crippen molar-refractivity contribution in [3.63, 3.8) is 0 Å². The van der Waals surface area contributed by atoms with Crippen LogP contribution in [0.15, 0.2) is 48.7 Å². The molecule has 0 radical (unpaired) electrons. The molecule has 0 atom stereocenters. The summed E-state index contributed by atoms with van der Waals surface area (Å²) in [5, 5.41) is 8.68. The Hall–Kier alpha value is -2.20. The number of Topliss-reactive ketones (excluding diaryl/α,β-unsaturated/α-hetero) is 1. The molecular formula is C16H17NO3. The molecule has 0 unspecified atom stereocenters. The van der Waals surface area contributed by atoms with Crippen molar-refractivity contribution in [3.8, 4) is 5.75 Å². The van der Waals surface area contributed by atoms with E-state index in [1.807, 2.05) is 36.4 Å². The number of aromatic nitrogens is 1. The van der Waals surface area contributed by atoms with E-state index in [0.29, 0.717) is 19.4 Å². The Morgan fingerprint density at radius 2 is 2.00 bits per heavy atom. The van der Waals surface area contributed by atoms with Crippen LogP contribution in [-0.2, 0) is 17.8 Å². The molecule has 1 aromatic heterocycles. The van der Waals surface area contributed by atoms with Gasteiger partial charge in [0, 0.05) is 24.4 Å². The topological polar surface area (TPSA) is 59.4 Å². The summed E-state index contributed by atoms with van der Waals surface area (Å²) in [7, 11) is 0. The Balaban J connectivity index is 1.90. The Kier molecular flexibility index (Phi) is 5.26. The number of aryl methyl sites for hydroxylation is 1. The minimum Gasteiger partial charge on any atom is -0.489 e. The number of ketones is 1. The monoisotopic (exact) mass is 271 g/mol. The summed E-state index contributed by atoms with van der Waals surface area (Å²) in [6.07, 6.45) is 2.48. The predicted octanol–water partition coefficient (Wildman–Crippen LogP) is 2.15. The van der Waals surface area contributed by atoms with Gasteiger partial charge >= 0.3 is 0 Å². The second kappa shape index (κ2) is 7.40. The number of hydrogen-bond donors (Lipinski definition) is 1. The van der Waals surface area contributed by atoms with Crippen LogP contribution in [0.2, 0.25) is 0 Å². The maximum atomic E-state index is 11.1. The molecule has 0 aliphatic rings. The van der Waals surface area contributed by atoms with Crippen molar-refractivity contribution < 1.29 is 14.6 Å². The summed E-state index contributed by atoms with van der Waals surface area (Å²) in [6.45, 7) is 0.0874. The van der Waals surface area contributed by atoms with Crippen LogP contribution < -0.4 is 4.74 Å². The zero-order valence-electron chi connectivity index (χ0n) is 11.2. The molecule has 0 aliphatic carbocycles. The molecule has 0 saturated carbocycles. The average molecular weight is 271 g/mol. The number of aliphatic hydroxyl groups excluding tert-OH is 1. The molecule has 0 bridgehead atoms. The Labute approximate surface area is 118 Å². The molecule has 20 heavy (non-hydrogen) atoms. The van der Waals surface area contributed by atoms with Crippen LogP contribution in [-0.4, -0.2) is 22.5 Å². The summed E-state index contributed by atoms with van der Waals surface area (Å²) >= 11 is 0. The van der Waals surface area contributed by atoms with Gasteiger partial charge in [0.05, 0.1) is 0 Å². The molecule has 0 amide bonds. The van der Waals surface area contributed by atoms with Crippen molar-refractivity contribution in [1.29, 1.82) is 0 Å². The fourth-order valence-corrected chi connectivity index (χ4v) is 1.77. The molecule has 0 aliphatic heterocycles. The van der Waals surface area contributed by atoms with E-state index in [-0.39, 0.29) is 5.78 Å². The molecule has 1 heterocycles. The standard InChI is InChI=1S/C16H17NO3/c18-11-15(19)7-6-14-10-16(8-9-17-14)20-12-13-4-2-1-3-5-13/h1-5,8-10,18H,6-7,11-12H2. The van der Waals surface area contributed by atoms with Gasteiger partial charge in [-0.15, -0.1) is 0 Å². The highest BCUT2D eigenvalue weighted by molar-refractivity contribution is 5.79. The van der Waals surface area contributed by atoms with Crippen LogP contribution in [0.5, 0.6) is 5.75 Å². The highest BCUT2D eigenvalue weighted by Gasteiger charge is 2.03. The van der Waals surface area contributed by atoms with Crippen LogP contribution in [0.1, 0.15) is 17.7 Å². The molecule has 1 aromatic carbocycles. The second-order valence-electron chi connectivity index (χ2n) is 4.45. The highest BCUT2D eigenvalue weighted by atomic mass is 16.5. The zero-order chi connectivity index (χ0) is 14.2. The highest BCUT2D eigenvalue weighted by Crippen LogP contribution is 2.14. The molecule has 0 saturated heterocycles. The van der Waals surface area contributed by atoms with Gasteiger partial charge in [-0.2, -0.15) is 0 Å². The van der Waals surface area contributed by atoms with Crippen molar-refractivity contribution in [2.45, 2.75) is 19.4 Å². The minimum atomic E-state index is -0.413. The third kappa shape index (κ3) is 4.48. The third-order valence-corrected chi connectivity index (χ3v) is 2.87. The molecule has 0 fully saturated rings. The van der Waals surface area contributed by atoms with Crippen LogP contribution in [0, 0.1) is 0 Å². The molecular weight excluding hydrogens is 254 g/mol. The minimum absolute atomic E-state index is 0.178. The summed E-state index contributed by atoms with van der Waals surface area (Å²) < 4.78 is 5.69. The lowest BCUT2D eigenvalue weighted by molar-refractivity contribution is -0.121. The number of aliphatic hydroxyl groups is 1. The van der Waals surface area contributed by atoms with E-state index in [1.165, 1.54) is 0 Å². The molecule has 4 nitrogen and oxygen atoms in total. The van der Waals surface area contributed by atoms with Gasteiger partial charge in [0.15, 0.2) is 5.78 Å². The summed E-state index contributed by atoms with van der Waals surface area (Å²) in [5.41, 5.74) is 1.89. The molecule has 2 rings (SSSR count). The molecule has 104 valence electrons. The van der Waals surface area contributed by atoms with Crippen molar-refractivity contribution in [3.05, 3.63) is 59.9 Å². The number of carbonyl (C=O) groups is 1. The lowest BCUT2D eigenvalue weighted by atomic mass is 10.1. The largest absolute Gasteiger partial charge is 0.489 e. The number of carbonyl (C=O) groups excluding carboxylic acids is 1. The Bertz CT molecular complexity index is 555. The van der Waals surface area contributed by atoms with E-state index in [4.69, 9.17) is 9.84 Å². The third-order valence-electron chi connectivity index (χ3n) is 2.87. The Morgan fingerprint density at radius 1 is 1.20 bits per heavy atom. The number of nitrogens with zero attached hydrogens (tertiary/aromatic N) is 1. The van der Waals surface area contributed by atoms with Crippen LogP contribution in [0.4, 0.5) is 0 Å². The average Bonchev–Trinajstić information content (AvgIpc) is 2.52. The molecule has 1 N–H and O–H groups in total. The van der Waals surface area contributed by atoms with Crippen LogP contribution in [0.3, 0.4) is 0 Å². The first-order valence-electron chi connectivity index (χ1n) is 6.52. The quantitative estimate of drug-likeness (QED) is 0.838. The van der Waals surface area contributed by atoms with E-state index in [1.54, 1.807) is 12.3 Å². The van der Waals surface area contributed by atoms with Gasteiger partial charge in [-0.25, -0.2) is 0 Å². The molecule has 4 heteroatoms. The van der Waals surface area contributed by atoms with E-state index in [2.05, 4.69) is 4.98 Å². The van der Waals surface area contributed by atoms with E-state index in [0.717, 1.165) is 17.0 Å².